The van der Waals surface area contributed by atoms with Gasteiger partial charge in [0.25, 0.3) is 0 Å². The molecule has 0 unspecified atom stereocenters. The number of hydrogen-bond acceptors (Lipinski definition) is 5. The first-order chi connectivity index (χ1) is 12.3. The van der Waals surface area contributed by atoms with Gasteiger partial charge in [-0.15, -0.1) is 0 Å². The molecule has 0 atom stereocenters. The van der Waals surface area contributed by atoms with Crippen LogP contribution in [0.3, 0.4) is 0 Å². The molecule has 0 saturated heterocycles. The van der Waals surface area contributed by atoms with Crippen LogP contribution >= 0.6 is 12.2 Å². The van der Waals surface area contributed by atoms with E-state index in [4.69, 9.17) is 21.7 Å². The van der Waals surface area contributed by atoms with Gasteiger partial charge >= 0.3 is 0 Å². The number of aromatic amines is 1. The SMILES string of the molecule is CCOc1ccc(C=Nn2c(COc3ccccc3)n[nH]c2=S)cc1. The number of aromatic nitrogens is 3. The Morgan fingerprint density at radius 1 is 1.08 bits per heavy atom. The molecule has 0 aliphatic rings. The number of para-hydroxylation sites is 1. The van der Waals surface area contributed by atoms with Gasteiger partial charge in [-0.25, -0.2) is 5.10 Å². The Hall–Kier alpha value is -2.93. The van der Waals surface area contributed by atoms with E-state index in [0.29, 0.717) is 17.2 Å². The van der Waals surface area contributed by atoms with Crippen molar-refractivity contribution < 1.29 is 9.47 Å². The molecule has 0 amide bonds. The van der Waals surface area contributed by atoms with Crippen molar-refractivity contribution in [1.82, 2.24) is 14.9 Å². The second kappa shape index (κ2) is 8.25. The number of rotatable bonds is 7. The highest BCUT2D eigenvalue weighted by Gasteiger charge is 2.06. The first-order valence-corrected chi connectivity index (χ1v) is 8.28. The normalized spacial score (nSPS) is 10.9. The Balaban J connectivity index is 1.71. The van der Waals surface area contributed by atoms with Crippen LogP contribution in [0.4, 0.5) is 0 Å². The zero-order valence-corrected chi connectivity index (χ0v) is 14.6. The van der Waals surface area contributed by atoms with Crippen LogP contribution in [0.2, 0.25) is 0 Å². The van der Waals surface area contributed by atoms with Crippen LogP contribution < -0.4 is 9.47 Å². The maximum absolute atomic E-state index is 5.70. The Morgan fingerprint density at radius 3 is 2.52 bits per heavy atom. The third-order valence-electron chi connectivity index (χ3n) is 3.34. The van der Waals surface area contributed by atoms with Crippen LogP contribution in [0.5, 0.6) is 11.5 Å². The average Bonchev–Trinajstić information content (AvgIpc) is 3.00. The summed E-state index contributed by atoms with van der Waals surface area (Å²) in [6.07, 6.45) is 1.72. The molecule has 6 nitrogen and oxygen atoms in total. The van der Waals surface area contributed by atoms with E-state index in [0.717, 1.165) is 17.1 Å². The second-order valence-corrected chi connectivity index (χ2v) is 5.49. The van der Waals surface area contributed by atoms with E-state index in [9.17, 15) is 0 Å². The zero-order valence-electron chi connectivity index (χ0n) is 13.8. The van der Waals surface area contributed by atoms with Gasteiger partial charge in [-0.1, -0.05) is 18.2 Å². The molecule has 0 spiro atoms. The molecule has 25 heavy (non-hydrogen) atoms. The summed E-state index contributed by atoms with van der Waals surface area (Å²) in [7, 11) is 0. The van der Waals surface area contributed by atoms with Crippen molar-refractivity contribution in [3.63, 3.8) is 0 Å². The third kappa shape index (κ3) is 4.54. The van der Waals surface area contributed by atoms with Crippen molar-refractivity contribution in [3.8, 4) is 11.5 Å². The number of benzene rings is 2. The van der Waals surface area contributed by atoms with Gasteiger partial charge in [-0.2, -0.15) is 14.9 Å². The van der Waals surface area contributed by atoms with Gasteiger partial charge in [0.2, 0.25) is 4.77 Å². The molecule has 1 heterocycles. The predicted octanol–water partition coefficient (Wildman–Crippen LogP) is 3.80. The van der Waals surface area contributed by atoms with Crippen LogP contribution in [0.15, 0.2) is 59.7 Å². The summed E-state index contributed by atoms with van der Waals surface area (Å²) < 4.78 is 13.1. The summed E-state index contributed by atoms with van der Waals surface area (Å²) in [4.78, 5) is 0. The first kappa shape index (κ1) is 16.9. The lowest BCUT2D eigenvalue weighted by Crippen LogP contribution is -2.04. The molecular formula is C18H18N4O2S. The van der Waals surface area contributed by atoms with E-state index in [1.807, 2.05) is 61.5 Å². The quantitative estimate of drug-likeness (QED) is 0.518. The van der Waals surface area contributed by atoms with E-state index < -0.39 is 0 Å². The average molecular weight is 354 g/mol. The van der Waals surface area contributed by atoms with Crippen LogP contribution in [0.1, 0.15) is 18.3 Å². The van der Waals surface area contributed by atoms with Gasteiger partial charge in [0.15, 0.2) is 5.82 Å². The molecule has 2 aromatic carbocycles. The minimum absolute atomic E-state index is 0.262. The molecular weight excluding hydrogens is 336 g/mol. The minimum atomic E-state index is 0.262. The zero-order chi connectivity index (χ0) is 17.5. The fraction of sp³-hybridized carbons (Fsp3) is 0.167. The van der Waals surface area contributed by atoms with Gasteiger partial charge in [-0.05, 0) is 61.1 Å². The van der Waals surface area contributed by atoms with Crippen LogP contribution in [0, 0.1) is 4.77 Å². The number of H-pyrrole nitrogens is 1. The van der Waals surface area contributed by atoms with Crippen molar-refractivity contribution in [2.75, 3.05) is 6.61 Å². The van der Waals surface area contributed by atoms with Crippen LogP contribution in [-0.4, -0.2) is 27.7 Å². The summed E-state index contributed by atoms with van der Waals surface area (Å²) in [5.41, 5.74) is 0.932. The predicted molar refractivity (Wildman–Crippen MR) is 98.8 cm³/mol. The Kier molecular flexibility index (Phi) is 5.58. The molecule has 0 bridgehead atoms. The molecule has 0 saturated carbocycles. The van der Waals surface area contributed by atoms with Crippen LogP contribution in [-0.2, 0) is 6.61 Å². The highest BCUT2D eigenvalue weighted by Crippen LogP contribution is 2.12. The summed E-state index contributed by atoms with van der Waals surface area (Å²) in [5.74, 6) is 2.19. The maximum atomic E-state index is 5.70. The molecule has 3 rings (SSSR count). The van der Waals surface area contributed by atoms with Gasteiger partial charge in [0.1, 0.15) is 18.1 Å². The molecule has 0 fully saturated rings. The molecule has 0 aliphatic carbocycles. The number of ether oxygens (including phenoxy) is 2. The number of nitrogens with zero attached hydrogens (tertiary/aromatic N) is 3. The summed E-state index contributed by atoms with van der Waals surface area (Å²) in [6, 6.07) is 17.2. The van der Waals surface area contributed by atoms with Crippen molar-refractivity contribution in [1.29, 1.82) is 0 Å². The van der Waals surface area contributed by atoms with Crippen LogP contribution in [0.25, 0.3) is 0 Å². The molecule has 1 N–H and O–H groups in total. The topological polar surface area (TPSA) is 64.4 Å². The van der Waals surface area contributed by atoms with E-state index in [1.165, 1.54) is 0 Å². The van der Waals surface area contributed by atoms with E-state index in [2.05, 4.69) is 15.3 Å². The highest BCUT2D eigenvalue weighted by molar-refractivity contribution is 7.71. The Morgan fingerprint density at radius 2 is 1.80 bits per heavy atom. The monoisotopic (exact) mass is 354 g/mol. The number of nitrogens with one attached hydrogen (secondary N) is 1. The number of hydrogen-bond donors (Lipinski definition) is 1. The molecule has 7 heteroatoms. The van der Waals surface area contributed by atoms with Gasteiger partial charge < -0.3 is 9.47 Å². The van der Waals surface area contributed by atoms with E-state index in [-0.39, 0.29) is 6.61 Å². The minimum Gasteiger partial charge on any atom is -0.494 e. The van der Waals surface area contributed by atoms with Gasteiger partial charge in [0.05, 0.1) is 12.8 Å². The fourth-order valence-corrected chi connectivity index (χ4v) is 2.34. The standard InChI is InChI=1S/C18H18N4O2S/c1-2-23-16-10-8-14(9-11-16)12-19-22-17(20-21-18(22)25)13-24-15-6-4-3-5-7-15/h3-12H,2,13H2,1H3,(H,21,25). The summed E-state index contributed by atoms with van der Waals surface area (Å²) >= 11 is 5.23. The third-order valence-corrected chi connectivity index (χ3v) is 3.61. The van der Waals surface area contributed by atoms with Gasteiger partial charge in [0, 0.05) is 0 Å². The lowest BCUT2D eigenvalue weighted by atomic mass is 10.2. The maximum Gasteiger partial charge on any atom is 0.216 e. The lowest BCUT2D eigenvalue weighted by molar-refractivity contribution is 0.290. The van der Waals surface area contributed by atoms with Crippen molar-refractivity contribution in [2.24, 2.45) is 5.10 Å². The summed E-state index contributed by atoms with van der Waals surface area (Å²) in [5, 5.41) is 11.3. The first-order valence-electron chi connectivity index (χ1n) is 7.87. The van der Waals surface area contributed by atoms with E-state index in [1.54, 1.807) is 10.9 Å². The molecule has 0 radical (unpaired) electrons. The molecule has 3 aromatic rings. The molecule has 0 aliphatic heterocycles. The largest absolute Gasteiger partial charge is 0.494 e. The molecule has 1 aromatic heterocycles. The Labute approximate surface area is 150 Å². The highest BCUT2D eigenvalue weighted by atomic mass is 32.1. The van der Waals surface area contributed by atoms with Gasteiger partial charge in [-0.3, -0.25) is 0 Å². The summed E-state index contributed by atoms with van der Waals surface area (Å²) in [6.45, 7) is 2.86. The van der Waals surface area contributed by atoms with Crippen molar-refractivity contribution >= 4 is 18.4 Å². The smallest absolute Gasteiger partial charge is 0.216 e. The lowest BCUT2D eigenvalue weighted by Gasteiger charge is -2.05. The van der Waals surface area contributed by atoms with Crippen molar-refractivity contribution in [3.05, 3.63) is 70.8 Å². The fourth-order valence-electron chi connectivity index (χ4n) is 2.14. The second-order valence-electron chi connectivity index (χ2n) is 5.11. The van der Waals surface area contributed by atoms with E-state index >= 15 is 0 Å². The Bertz CT molecular complexity index is 885. The van der Waals surface area contributed by atoms with Crippen molar-refractivity contribution in [2.45, 2.75) is 13.5 Å². The molecule has 128 valence electrons.